The van der Waals surface area contributed by atoms with Gasteiger partial charge in [-0.1, -0.05) is 34.6 Å². The van der Waals surface area contributed by atoms with E-state index in [1.54, 1.807) is 0 Å². The Hall–Kier alpha value is -1.77. The number of ether oxygens (including phenoxy) is 1. The third kappa shape index (κ3) is 4.37. The minimum Gasteiger partial charge on any atom is -0.448 e. The third-order valence-electron chi connectivity index (χ3n) is 2.78. The predicted octanol–water partition coefficient (Wildman–Crippen LogP) is 2.99. The number of amides is 1. The molecule has 0 unspecified atom stereocenters. The Kier molecular flexibility index (Phi) is 5.86. The van der Waals surface area contributed by atoms with Crippen LogP contribution in [0.2, 0.25) is 10.0 Å². The molecule has 10 heteroatoms. The molecule has 0 aliphatic rings. The molecule has 0 aliphatic carbocycles. The van der Waals surface area contributed by atoms with Crippen molar-refractivity contribution in [1.29, 1.82) is 0 Å². The van der Waals surface area contributed by atoms with Gasteiger partial charge in [-0.15, -0.1) is 5.10 Å². The van der Waals surface area contributed by atoms with Gasteiger partial charge in [-0.25, -0.2) is 9.78 Å². The molecule has 0 fully saturated rings. The van der Waals surface area contributed by atoms with Gasteiger partial charge in [0.1, 0.15) is 0 Å². The summed E-state index contributed by atoms with van der Waals surface area (Å²) in [6.07, 6.45) is 0.852. The van der Waals surface area contributed by atoms with Crippen LogP contribution in [0, 0.1) is 0 Å². The van der Waals surface area contributed by atoms with Crippen molar-refractivity contribution in [1.82, 2.24) is 14.6 Å². The molecular formula is C13H12Cl2N4O3S. The number of pyridine rings is 1. The second-order valence-electron chi connectivity index (χ2n) is 4.42. The Morgan fingerprint density at radius 1 is 1.43 bits per heavy atom. The third-order valence-corrected chi connectivity index (χ3v) is 4.02. The number of nitrogens with zero attached hydrogens (tertiary/aromatic N) is 3. The molecule has 2 aromatic heterocycles. The van der Waals surface area contributed by atoms with Crippen molar-refractivity contribution in [3.05, 3.63) is 32.9 Å². The molecular weight excluding hydrogens is 363 g/mol. The number of hydrogen-bond acceptors (Lipinski definition) is 7. The second kappa shape index (κ2) is 7.67. The van der Waals surface area contributed by atoms with Crippen molar-refractivity contribution < 1.29 is 14.3 Å². The number of hydrogen-bond donors (Lipinski definition) is 1. The largest absolute Gasteiger partial charge is 0.448 e. The summed E-state index contributed by atoms with van der Waals surface area (Å²) < 4.78 is 8.82. The molecule has 1 atom stereocenters. The summed E-state index contributed by atoms with van der Waals surface area (Å²) in [5, 5.41) is 6.82. The van der Waals surface area contributed by atoms with E-state index in [-0.39, 0.29) is 15.7 Å². The number of carbonyl (C=O) groups is 2. The molecule has 122 valence electrons. The molecule has 2 heterocycles. The molecule has 1 N–H and O–H groups in total. The highest BCUT2D eigenvalue weighted by Gasteiger charge is 2.23. The van der Waals surface area contributed by atoms with Gasteiger partial charge in [0.2, 0.25) is 0 Å². The Labute approximate surface area is 146 Å². The van der Waals surface area contributed by atoms with Crippen LogP contribution in [0.25, 0.3) is 0 Å². The highest BCUT2D eigenvalue weighted by Crippen LogP contribution is 2.23. The highest BCUT2D eigenvalue weighted by molar-refractivity contribution is 7.07. The van der Waals surface area contributed by atoms with E-state index in [0.717, 1.165) is 11.5 Å². The first kappa shape index (κ1) is 17.6. The topological polar surface area (TPSA) is 94.1 Å². The zero-order valence-corrected chi connectivity index (χ0v) is 14.5. The molecule has 2 rings (SSSR count). The summed E-state index contributed by atoms with van der Waals surface area (Å²) in [5.41, 5.74) is 0.537. The molecule has 2 aromatic rings. The van der Waals surface area contributed by atoms with Crippen molar-refractivity contribution in [3.63, 3.8) is 0 Å². The van der Waals surface area contributed by atoms with E-state index in [0.29, 0.717) is 17.1 Å². The Bertz CT molecular complexity index is 738. The van der Waals surface area contributed by atoms with Crippen LogP contribution < -0.4 is 5.32 Å². The summed E-state index contributed by atoms with van der Waals surface area (Å²) in [6.45, 7) is 3.29. The molecule has 0 saturated carbocycles. The summed E-state index contributed by atoms with van der Waals surface area (Å²) in [7, 11) is 0. The summed E-state index contributed by atoms with van der Waals surface area (Å²) in [4.78, 5) is 28.3. The maximum Gasteiger partial charge on any atom is 0.352 e. The minimum absolute atomic E-state index is 0.137. The fourth-order valence-electron chi connectivity index (χ4n) is 1.59. The first-order valence-corrected chi connectivity index (χ1v) is 8.09. The summed E-state index contributed by atoms with van der Waals surface area (Å²) in [6, 6.07) is 1.44. The molecule has 7 nitrogen and oxygen atoms in total. The molecule has 0 bridgehead atoms. The number of esters is 1. The fourth-order valence-corrected chi connectivity index (χ4v) is 2.65. The van der Waals surface area contributed by atoms with E-state index in [2.05, 4.69) is 19.9 Å². The zero-order chi connectivity index (χ0) is 17.0. The van der Waals surface area contributed by atoms with Gasteiger partial charge < -0.3 is 10.1 Å². The predicted molar refractivity (Wildman–Crippen MR) is 87.1 cm³/mol. The van der Waals surface area contributed by atoms with Crippen LogP contribution >= 0.6 is 34.7 Å². The molecule has 0 saturated heterocycles. The molecule has 0 aliphatic heterocycles. The van der Waals surface area contributed by atoms with Gasteiger partial charge in [-0.05, 0) is 30.9 Å². The van der Waals surface area contributed by atoms with E-state index in [4.69, 9.17) is 27.9 Å². The highest BCUT2D eigenvalue weighted by atomic mass is 35.5. The fraction of sp³-hybridized carbons (Fsp3) is 0.308. The Morgan fingerprint density at radius 3 is 2.83 bits per heavy atom. The van der Waals surface area contributed by atoms with E-state index in [1.165, 1.54) is 19.2 Å². The van der Waals surface area contributed by atoms with Crippen LogP contribution in [0.15, 0.2) is 12.3 Å². The van der Waals surface area contributed by atoms with Crippen LogP contribution in [0.5, 0.6) is 0 Å². The number of aromatic nitrogens is 3. The normalized spacial score (nSPS) is 11.8. The lowest BCUT2D eigenvalue weighted by molar-refractivity contribution is -0.123. The number of halogens is 2. The minimum atomic E-state index is -1.04. The van der Waals surface area contributed by atoms with E-state index < -0.39 is 18.0 Å². The van der Waals surface area contributed by atoms with Crippen molar-refractivity contribution in [2.75, 3.05) is 5.32 Å². The maximum atomic E-state index is 12.1. The molecule has 0 spiro atoms. The number of rotatable bonds is 5. The van der Waals surface area contributed by atoms with Gasteiger partial charge in [0, 0.05) is 6.20 Å². The number of nitrogens with one attached hydrogen (secondary N) is 1. The van der Waals surface area contributed by atoms with E-state index in [9.17, 15) is 9.59 Å². The lowest BCUT2D eigenvalue weighted by Gasteiger charge is -2.13. The van der Waals surface area contributed by atoms with Crippen LogP contribution in [0.4, 0.5) is 5.82 Å². The lowest BCUT2D eigenvalue weighted by Crippen LogP contribution is -2.30. The van der Waals surface area contributed by atoms with Gasteiger partial charge in [0.25, 0.3) is 5.91 Å². The number of aryl methyl sites for hydroxylation is 1. The van der Waals surface area contributed by atoms with Crippen LogP contribution in [-0.2, 0) is 16.0 Å². The van der Waals surface area contributed by atoms with Crippen molar-refractivity contribution in [2.45, 2.75) is 26.4 Å². The van der Waals surface area contributed by atoms with E-state index >= 15 is 0 Å². The average molecular weight is 375 g/mol. The van der Waals surface area contributed by atoms with Gasteiger partial charge in [-0.3, -0.25) is 4.79 Å². The van der Waals surface area contributed by atoms with Gasteiger partial charge in [-0.2, -0.15) is 0 Å². The quantitative estimate of drug-likeness (QED) is 0.808. The van der Waals surface area contributed by atoms with E-state index in [1.807, 2.05) is 6.92 Å². The van der Waals surface area contributed by atoms with Crippen LogP contribution in [0.1, 0.15) is 29.2 Å². The number of carbonyl (C=O) groups excluding carboxylic acids is 2. The molecule has 0 aromatic carbocycles. The first-order chi connectivity index (χ1) is 10.9. The summed E-state index contributed by atoms with van der Waals surface area (Å²) in [5.74, 6) is -1.07. The standard InChI is InChI=1S/C13H12Cl2N4O3S/c1-3-9-10(23-19-18-9)13(21)22-6(2)12(20)17-11-8(15)4-7(14)5-16-11/h4-6H,3H2,1-2H3,(H,16,17,20)/t6-/m0/s1. The SMILES string of the molecule is CCc1nnsc1C(=O)O[C@@H](C)C(=O)Nc1ncc(Cl)cc1Cl. The van der Waals surface area contributed by atoms with Crippen molar-refractivity contribution in [2.24, 2.45) is 0 Å². The monoisotopic (exact) mass is 374 g/mol. The number of anilines is 1. The Morgan fingerprint density at radius 2 is 2.17 bits per heavy atom. The van der Waals surface area contributed by atoms with Crippen molar-refractivity contribution in [3.8, 4) is 0 Å². The average Bonchev–Trinajstić information content (AvgIpc) is 2.98. The molecule has 23 heavy (non-hydrogen) atoms. The smallest absolute Gasteiger partial charge is 0.352 e. The maximum absolute atomic E-state index is 12.1. The molecule has 1 amide bonds. The van der Waals surface area contributed by atoms with Gasteiger partial charge in [0.15, 0.2) is 16.8 Å². The van der Waals surface area contributed by atoms with Gasteiger partial charge >= 0.3 is 5.97 Å². The van der Waals surface area contributed by atoms with Crippen LogP contribution in [0.3, 0.4) is 0 Å². The van der Waals surface area contributed by atoms with Crippen molar-refractivity contribution >= 4 is 52.4 Å². The zero-order valence-electron chi connectivity index (χ0n) is 12.2. The summed E-state index contributed by atoms with van der Waals surface area (Å²) >= 11 is 12.6. The van der Waals surface area contributed by atoms with Crippen LogP contribution in [-0.4, -0.2) is 32.6 Å². The second-order valence-corrected chi connectivity index (χ2v) is 6.02. The molecule has 0 radical (unpaired) electrons. The Balaban J connectivity index is 2.01. The lowest BCUT2D eigenvalue weighted by atomic mass is 10.3. The first-order valence-electron chi connectivity index (χ1n) is 6.56. The van der Waals surface area contributed by atoms with Gasteiger partial charge in [0.05, 0.1) is 15.7 Å².